The summed E-state index contributed by atoms with van der Waals surface area (Å²) in [5.41, 5.74) is 10.2. The maximum absolute atomic E-state index is 12.8. The van der Waals surface area contributed by atoms with Gasteiger partial charge in [0, 0.05) is 64.9 Å². The van der Waals surface area contributed by atoms with Gasteiger partial charge in [0.25, 0.3) is 5.91 Å². The highest BCUT2D eigenvalue weighted by Crippen LogP contribution is 2.36. The van der Waals surface area contributed by atoms with E-state index in [1.54, 1.807) is 37.2 Å². The number of hydrogen-bond acceptors (Lipinski definition) is 7. The average molecular weight is 960 g/mol. The Kier molecular flexibility index (Phi) is 13.0. The van der Waals surface area contributed by atoms with Crippen LogP contribution in [-0.4, -0.2) is 67.3 Å². The molecule has 3 heterocycles. The Hall–Kier alpha value is -6.23. The van der Waals surface area contributed by atoms with Crippen LogP contribution in [0.5, 0.6) is 0 Å². The molecule has 3 N–H and O–H groups in total. The molecule has 0 spiro atoms. The largest absolute Gasteiger partial charge is 0.390 e. The molecule has 4 aromatic carbocycles. The summed E-state index contributed by atoms with van der Waals surface area (Å²) < 4.78 is 80.2. The fourth-order valence-corrected chi connectivity index (χ4v) is 8.06. The number of rotatable bonds is 14. The number of carbonyl (C=O) groups excluding carboxylic acids is 2. The molecule has 0 saturated heterocycles. The molecule has 0 unspecified atom stereocenters. The molecular weight excluding hydrogens is 914 g/mol. The van der Waals surface area contributed by atoms with Crippen molar-refractivity contribution in [1.82, 2.24) is 29.4 Å². The number of fused-ring (bicyclic) bond motifs is 2. The van der Waals surface area contributed by atoms with Crippen molar-refractivity contribution in [3.8, 4) is 22.5 Å². The first-order chi connectivity index (χ1) is 31.0. The Balaban J connectivity index is 0.000000179. The first kappa shape index (κ1) is 45.3. The number of carbonyl (C=O) groups is 2. The molecule has 9 rings (SSSR count). The number of pyridine rings is 1. The number of ketones is 1. The average Bonchev–Trinajstić information content (AvgIpc) is 4.17. The van der Waals surface area contributed by atoms with Gasteiger partial charge in [0.05, 0.1) is 35.2 Å². The number of anilines is 2. The Morgan fingerprint density at radius 2 is 1.22 bits per heavy atom. The van der Waals surface area contributed by atoms with Gasteiger partial charge in [0.2, 0.25) is 0 Å². The minimum atomic E-state index is -4.25. The zero-order valence-electron chi connectivity index (χ0n) is 35.5. The molecule has 65 heavy (non-hydrogen) atoms. The van der Waals surface area contributed by atoms with Gasteiger partial charge in [-0.1, -0.05) is 15.9 Å². The van der Waals surface area contributed by atoms with E-state index >= 15 is 0 Å². The van der Waals surface area contributed by atoms with E-state index in [9.17, 15) is 35.9 Å². The van der Waals surface area contributed by atoms with Crippen molar-refractivity contribution < 1.29 is 35.9 Å². The number of aryl methyl sites for hydroxylation is 2. The van der Waals surface area contributed by atoms with E-state index < -0.39 is 25.2 Å². The Bertz CT molecular complexity index is 2870. The predicted molar refractivity (Wildman–Crippen MR) is 243 cm³/mol. The zero-order chi connectivity index (χ0) is 46.0. The van der Waals surface area contributed by atoms with Crippen LogP contribution in [0.2, 0.25) is 0 Å². The van der Waals surface area contributed by atoms with Crippen molar-refractivity contribution in [2.24, 2.45) is 5.92 Å². The highest BCUT2D eigenvalue weighted by molar-refractivity contribution is 9.10. The molecule has 1 amide bonds. The number of amides is 1. The van der Waals surface area contributed by atoms with Crippen LogP contribution in [0.3, 0.4) is 0 Å². The Morgan fingerprint density at radius 3 is 1.74 bits per heavy atom. The number of aromatic nitrogens is 5. The summed E-state index contributed by atoms with van der Waals surface area (Å²) in [4.78, 5) is 38.0. The Labute approximate surface area is 379 Å². The molecule has 0 radical (unpaired) electrons. The Morgan fingerprint density at radius 1 is 0.677 bits per heavy atom. The lowest BCUT2D eigenvalue weighted by Crippen LogP contribution is -2.26. The van der Waals surface area contributed by atoms with E-state index in [4.69, 9.17) is 0 Å². The number of alkyl halides is 6. The second kappa shape index (κ2) is 18.7. The summed E-state index contributed by atoms with van der Waals surface area (Å²) in [6.07, 6.45) is 1.21. The highest BCUT2D eigenvalue weighted by atomic mass is 79.9. The van der Waals surface area contributed by atoms with Crippen LogP contribution in [0.1, 0.15) is 76.8 Å². The predicted octanol–water partition coefficient (Wildman–Crippen LogP) is 12.1. The molecule has 17 heteroatoms. The van der Waals surface area contributed by atoms with E-state index in [0.29, 0.717) is 40.3 Å². The maximum Gasteiger partial charge on any atom is 0.390 e. The number of nitrogens with zero attached hydrogens (tertiary/aromatic N) is 5. The summed E-state index contributed by atoms with van der Waals surface area (Å²) in [7, 11) is 0. The second-order valence-electron chi connectivity index (χ2n) is 16.6. The lowest BCUT2D eigenvalue weighted by Gasteiger charge is -2.13. The van der Waals surface area contributed by atoms with E-state index in [1.165, 1.54) is 0 Å². The van der Waals surface area contributed by atoms with Gasteiger partial charge < -0.3 is 16.0 Å². The van der Waals surface area contributed by atoms with Gasteiger partial charge in [-0.05, 0) is 140 Å². The number of halogens is 7. The zero-order valence-corrected chi connectivity index (χ0v) is 37.0. The molecular formula is C48H45BrF6N8O2. The third kappa shape index (κ3) is 11.4. The second-order valence-corrected chi connectivity index (χ2v) is 17.5. The van der Waals surface area contributed by atoms with Crippen LogP contribution in [0.4, 0.5) is 37.7 Å². The summed E-state index contributed by atoms with van der Waals surface area (Å²) in [5, 5.41) is 8.74. The summed E-state index contributed by atoms with van der Waals surface area (Å²) in [6, 6.07) is 22.6. The van der Waals surface area contributed by atoms with Crippen molar-refractivity contribution in [1.29, 1.82) is 0 Å². The summed E-state index contributed by atoms with van der Waals surface area (Å²) in [6.45, 7) is 3.33. The standard InChI is InChI=1S/C27H25F3N4O.C21H20BrF3N4O/c1-17-12-21(4-5-22(17)25(35)13-18-2-3-18)34-16-33-26-23(32-11-8-27(28,29)30)14-20(15-24(26)34)19-6-9-31-10-7-19;1-12-8-15(4-5-16(12)20(30)28-14-2-3-14)29-11-27-19-17(9-13(22)10-18(19)29)26-7-6-21(23,24)25/h4-7,9-10,12,14-16,18,32H,2-3,8,11,13H2,1H3;4-5,8-11,14,26H,2-3,6-7H2,1H3,(H,28,30). The van der Waals surface area contributed by atoms with Crippen molar-refractivity contribution in [3.05, 3.63) is 125 Å². The minimum absolute atomic E-state index is 0.0732. The quantitative estimate of drug-likeness (QED) is 0.0734. The van der Waals surface area contributed by atoms with Gasteiger partial charge in [-0.3, -0.25) is 23.7 Å². The van der Waals surface area contributed by atoms with Gasteiger partial charge in [-0.15, -0.1) is 0 Å². The maximum atomic E-state index is 12.8. The molecule has 2 aliphatic rings. The van der Waals surface area contributed by atoms with E-state index in [-0.39, 0.29) is 30.8 Å². The van der Waals surface area contributed by atoms with Gasteiger partial charge >= 0.3 is 12.4 Å². The van der Waals surface area contributed by atoms with Crippen molar-refractivity contribution in [2.45, 2.75) is 77.2 Å². The lowest BCUT2D eigenvalue weighted by atomic mass is 10.00. The molecule has 3 aromatic heterocycles. The SMILES string of the molecule is Cc1cc(-n2cnc3c(NCCC(F)(F)F)cc(-c4ccncc4)cc32)ccc1C(=O)CC1CC1.Cc1cc(-n2cnc3c(NCCC(F)(F)F)cc(Br)cc32)ccc1C(=O)NC1CC1. The molecule has 0 aliphatic heterocycles. The number of nitrogens with one attached hydrogen (secondary N) is 3. The van der Waals surface area contributed by atoms with Crippen LogP contribution >= 0.6 is 15.9 Å². The minimum Gasteiger partial charge on any atom is -0.383 e. The fraction of sp³-hybridized carbons (Fsp3) is 0.312. The molecule has 338 valence electrons. The van der Waals surface area contributed by atoms with Crippen LogP contribution in [0.25, 0.3) is 44.6 Å². The van der Waals surface area contributed by atoms with Crippen molar-refractivity contribution >= 4 is 61.1 Å². The number of imidazole rings is 2. The topological polar surface area (TPSA) is 119 Å². The third-order valence-corrected chi connectivity index (χ3v) is 11.8. The normalized spacial score (nSPS) is 14.0. The van der Waals surface area contributed by atoms with Gasteiger partial charge in [-0.2, -0.15) is 26.3 Å². The summed E-state index contributed by atoms with van der Waals surface area (Å²) in [5.74, 6) is 0.619. The summed E-state index contributed by atoms with van der Waals surface area (Å²) >= 11 is 3.42. The third-order valence-electron chi connectivity index (χ3n) is 11.3. The fourth-order valence-electron chi connectivity index (χ4n) is 7.62. The van der Waals surface area contributed by atoms with Crippen molar-refractivity contribution in [2.75, 3.05) is 23.7 Å². The van der Waals surface area contributed by atoms with E-state index in [0.717, 1.165) is 80.4 Å². The number of hydrogen-bond donors (Lipinski definition) is 3. The van der Waals surface area contributed by atoms with Gasteiger partial charge in [0.1, 0.15) is 23.7 Å². The van der Waals surface area contributed by atoms with E-state index in [2.05, 4.69) is 46.8 Å². The molecule has 0 bridgehead atoms. The van der Waals surface area contributed by atoms with E-state index in [1.807, 2.05) is 83.6 Å². The molecule has 2 saturated carbocycles. The number of benzene rings is 4. The van der Waals surface area contributed by atoms with Crippen LogP contribution in [-0.2, 0) is 0 Å². The van der Waals surface area contributed by atoms with Gasteiger partial charge in [0.15, 0.2) is 5.78 Å². The molecule has 2 aliphatic carbocycles. The molecule has 2 fully saturated rings. The van der Waals surface area contributed by atoms with Crippen molar-refractivity contribution in [3.63, 3.8) is 0 Å². The highest BCUT2D eigenvalue weighted by Gasteiger charge is 2.29. The molecule has 0 atom stereocenters. The molecule has 7 aromatic rings. The molecule has 10 nitrogen and oxygen atoms in total. The smallest absolute Gasteiger partial charge is 0.383 e. The van der Waals surface area contributed by atoms with Gasteiger partial charge in [-0.25, -0.2) is 9.97 Å². The lowest BCUT2D eigenvalue weighted by molar-refractivity contribution is -0.132. The van der Waals surface area contributed by atoms with Crippen LogP contribution in [0.15, 0.2) is 102 Å². The van der Waals surface area contributed by atoms with Crippen LogP contribution < -0.4 is 16.0 Å². The monoisotopic (exact) mass is 958 g/mol. The number of Topliss-reactive ketones (excluding diaryl/α,β-unsaturated/α-hetero) is 1. The first-order valence-corrected chi connectivity index (χ1v) is 22.0. The first-order valence-electron chi connectivity index (χ1n) is 21.2. The van der Waals surface area contributed by atoms with Crippen LogP contribution in [0, 0.1) is 19.8 Å².